The molecular weight excluding hydrogens is 366 g/mol. The zero-order valence-electron chi connectivity index (χ0n) is 18.5. The molecule has 2 aromatic carbocycles. The smallest absolute Gasteiger partial charge is 0.247 e. The van der Waals surface area contributed by atoms with Crippen molar-refractivity contribution >= 4 is 11.6 Å². The Balaban J connectivity index is 2.05. The van der Waals surface area contributed by atoms with E-state index in [1.54, 1.807) is 11.5 Å². The SMILES string of the molecule is [2H]C1([2H])COc2c(-c3ccc(C(C)C)cc3)cc(NCC(=C)CC(=O)NO)c(C#N)c21. The molecule has 29 heavy (non-hydrogen) atoms. The summed E-state index contributed by atoms with van der Waals surface area (Å²) in [6.45, 7) is 8.03. The van der Waals surface area contributed by atoms with Crippen molar-refractivity contribution in [3.05, 3.63) is 59.2 Å². The number of fused-ring (bicyclic) bond motifs is 1. The minimum absolute atomic E-state index is 0.0796. The molecular formula is C23H25N3O3. The number of nitrogens with one attached hydrogen (secondary N) is 2. The van der Waals surface area contributed by atoms with E-state index in [4.69, 9.17) is 12.7 Å². The molecule has 3 N–H and O–H groups in total. The molecule has 0 aromatic heterocycles. The summed E-state index contributed by atoms with van der Waals surface area (Å²) < 4.78 is 22.4. The summed E-state index contributed by atoms with van der Waals surface area (Å²) in [5.41, 5.74) is 5.60. The highest BCUT2D eigenvalue weighted by Gasteiger charge is 2.24. The van der Waals surface area contributed by atoms with E-state index in [1.807, 2.05) is 24.3 Å². The summed E-state index contributed by atoms with van der Waals surface area (Å²) in [7, 11) is 0. The van der Waals surface area contributed by atoms with Gasteiger partial charge in [0.15, 0.2) is 0 Å². The van der Waals surface area contributed by atoms with Gasteiger partial charge in [0.05, 0.1) is 24.3 Å². The third-order valence-corrected chi connectivity index (χ3v) is 4.81. The first-order chi connectivity index (χ1) is 14.7. The Bertz CT molecular complexity index is 1060. The van der Waals surface area contributed by atoms with Crippen LogP contribution < -0.4 is 15.5 Å². The lowest BCUT2D eigenvalue weighted by atomic mass is 9.94. The van der Waals surface area contributed by atoms with Gasteiger partial charge in [0.1, 0.15) is 11.8 Å². The third-order valence-electron chi connectivity index (χ3n) is 4.81. The van der Waals surface area contributed by atoms with Gasteiger partial charge in [-0.3, -0.25) is 10.0 Å². The van der Waals surface area contributed by atoms with Crippen LogP contribution in [-0.2, 0) is 11.2 Å². The second-order valence-corrected chi connectivity index (χ2v) is 7.22. The van der Waals surface area contributed by atoms with E-state index >= 15 is 0 Å². The molecule has 0 atom stereocenters. The van der Waals surface area contributed by atoms with Gasteiger partial charge in [-0.25, -0.2) is 5.48 Å². The number of ether oxygens (including phenoxy) is 1. The number of hydrogen-bond acceptors (Lipinski definition) is 5. The molecule has 0 bridgehead atoms. The first-order valence-corrected chi connectivity index (χ1v) is 9.36. The van der Waals surface area contributed by atoms with Crippen LogP contribution in [0.4, 0.5) is 5.69 Å². The summed E-state index contributed by atoms with van der Waals surface area (Å²) in [5, 5.41) is 21.6. The molecule has 1 heterocycles. The monoisotopic (exact) mass is 393 g/mol. The summed E-state index contributed by atoms with van der Waals surface area (Å²) in [4.78, 5) is 11.3. The average Bonchev–Trinajstić information content (AvgIpc) is 3.06. The van der Waals surface area contributed by atoms with Crippen molar-refractivity contribution in [2.75, 3.05) is 18.5 Å². The highest BCUT2D eigenvalue weighted by atomic mass is 16.5. The summed E-state index contributed by atoms with van der Waals surface area (Å²) in [6.07, 6.45) is -1.89. The lowest BCUT2D eigenvalue weighted by Gasteiger charge is -2.16. The Morgan fingerprint density at radius 3 is 2.76 bits per heavy atom. The minimum Gasteiger partial charge on any atom is -0.492 e. The van der Waals surface area contributed by atoms with Crippen LogP contribution in [0.15, 0.2) is 42.5 Å². The molecule has 6 nitrogen and oxygen atoms in total. The number of amides is 1. The van der Waals surface area contributed by atoms with Gasteiger partial charge >= 0.3 is 0 Å². The topological polar surface area (TPSA) is 94.4 Å². The number of anilines is 1. The molecule has 6 heteroatoms. The van der Waals surface area contributed by atoms with E-state index in [-0.39, 0.29) is 30.7 Å². The lowest BCUT2D eigenvalue weighted by Crippen LogP contribution is -2.20. The Labute approximate surface area is 173 Å². The van der Waals surface area contributed by atoms with Crippen molar-refractivity contribution in [3.63, 3.8) is 0 Å². The van der Waals surface area contributed by atoms with Crippen LogP contribution in [0.5, 0.6) is 5.75 Å². The maximum absolute atomic E-state index is 11.3. The van der Waals surface area contributed by atoms with Crippen LogP contribution >= 0.6 is 0 Å². The second kappa shape index (κ2) is 8.80. The van der Waals surface area contributed by atoms with Crippen LogP contribution in [0.2, 0.25) is 0 Å². The van der Waals surface area contributed by atoms with E-state index in [1.165, 1.54) is 5.56 Å². The van der Waals surface area contributed by atoms with E-state index in [2.05, 4.69) is 31.8 Å². The number of rotatable bonds is 7. The lowest BCUT2D eigenvalue weighted by molar-refractivity contribution is -0.128. The van der Waals surface area contributed by atoms with Gasteiger partial charge in [-0.15, -0.1) is 0 Å². The number of carbonyl (C=O) groups excluding carboxylic acids is 1. The zero-order valence-corrected chi connectivity index (χ0v) is 16.5. The van der Waals surface area contributed by atoms with Crippen LogP contribution in [-0.4, -0.2) is 24.3 Å². The Kier molecular flexibility index (Phi) is 5.40. The first kappa shape index (κ1) is 17.8. The Morgan fingerprint density at radius 2 is 2.14 bits per heavy atom. The van der Waals surface area contributed by atoms with E-state index in [9.17, 15) is 10.1 Å². The maximum atomic E-state index is 11.3. The Morgan fingerprint density at radius 1 is 1.41 bits per heavy atom. The van der Waals surface area contributed by atoms with Crippen molar-refractivity contribution in [3.8, 4) is 22.9 Å². The van der Waals surface area contributed by atoms with Crippen molar-refractivity contribution in [1.29, 1.82) is 5.26 Å². The molecule has 0 unspecified atom stereocenters. The van der Waals surface area contributed by atoms with E-state index in [0.717, 1.165) is 5.56 Å². The molecule has 0 radical (unpaired) electrons. The zero-order chi connectivity index (χ0) is 22.8. The predicted octanol–water partition coefficient (Wildman–Crippen LogP) is 4.15. The normalized spacial score (nSPS) is 14.9. The quantitative estimate of drug-likeness (QED) is 0.373. The van der Waals surface area contributed by atoms with E-state index < -0.39 is 12.3 Å². The van der Waals surface area contributed by atoms with Gasteiger partial charge in [-0.1, -0.05) is 44.7 Å². The molecule has 3 rings (SSSR count). The molecule has 0 aliphatic carbocycles. The highest BCUT2D eigenvalue weighted by molar-refractivity contribution is 5.82. The number of carbonyl (C=O) groups is 1. The molecule has 1 aliphatic heterocycles. The van der Waals surface area contributed by atoms with Gasteiger partial charge in [-0.2, -0.15) is 5.26 Å². The summed E-state index contributed by atoms with van der Waals surface area (Å²) >= 11 is 0. The number of nitrogens with zero attached hydrogens (tertiary/aromatic N) is 1. The molecule has 0 spiro atoms. The molecule has 0 saturated heterocycles. The van der Waals surface area contributed by atoms with Crippen molar-refractivity contribution in [2.45, 2.75) is 32.6 Å². The molecule has 0 saturated carbocycles. The molecule has 1 aliphatic rings. The molecule has 1 amide bonds. The standard InChI is InChI=1S/C23H25N3O3/c1-14(2)16-4-6-17(7-5-16)19-11-21(25-13-15(3)10-22(27)26-28)20(12-24)18-8-9-29-23(18)19/h4-7,11,14,25,28H,3,8-10,13H2,1-2H3,(H,26,27)/i8D2. The number of hydrogen-bond donors (Lipinski definition) is 3. The van der Waals surface area contributed by atoms with Gasteiger partial charge in [0.25, 0.3) is 0 Å². The van der Waals surface area contributed by atoms with Gasteiger partial charge < -0.3 is 10.1 Å². The molecule has 2 aromatic rings. The second-order valence-electron chi connectivity index (χ2n) is 7.22. The first-order valence-electron chi connectivity index (χ1n) is 10.4. The predicted molar refractivity (Wildman–Crippen MR) is 112 cm³/mol. The Hall–Kier alpha value is -3.30. The average molecular weight is 393 g/mol. The van der Waals surface area contributed by atoms with Crippen LogP contribution in [0.1, 0.15) is 45.6 Å². The number of benzene rings is 2. The molecule has 0 fully saturated rings. The highest BCUT2D eigenvalue weighted by Crippen LogP contribution is 2.42. The summed E-state index contributed by atoms with van der Waals surface area (Å²) in [5.74, 6) is 0.172. The van der Waals surface area contributed by atoms with Crippen molar-refractivity contribution < 1.29 is 17.5 Å². The fraction of sp³-hybridized carbons (Fsp3) is 0.304. The minimum atomic E-state index is -1.81. The maximum Gasteiger partial charge on any atom is 0.247 e. The van der Waals surface area contributed by atoms with E-state index in [0.29, 0.717) is 28.5 Å². The molecule has 150 valence electrons. The largest absolute Gasteiger partial charge is 0.492 e. The van der Waals surface area contributed by atoms with Crippen LogP contribution in [0, 0.1) is 11.3 Å². The fourth-order valence-corrected chi connectivity index (χ4v) is 3.23. The fourth-order valence-electron chi connectivity index (χ4n) is 3.23. The van der Waals surface area contributed by atoms with Crippen molar-refractivity contribution in [2.24, 2.45) is 0 Å². The third kappa shape index (κ3) is 4.41. The van der Waals surface area contributed by atoms with Gasteiger partial charge in [0, 0.05) is 26.8 Å². The van der Waals surface area contributed by atoms with Crippen molar-refractivity contribution in [1.82, 2.24) is 5.48 Å². The van der Waals surface area contributed by atoms with Gasteiger partial charge in [-0.05, 0) is 28.7 Å². The van der Waals surface area contributed by atoms with Crippen LogP contribution in [0.3, 0.4) is 0 Å². The number of nitriles is 1. The van der Waals surface area contributed by atoms with Crippen LogP contribution in [0.25, 0.3) is 11.1 Å². The number of hydroxylamine groups is 1. The summed E-state index contributed by atoms with van der Waals surface area (Å²) in [6, 6.07) is 11.8. The van der Waals surface area contributed by atoms with Gasteiger partial charge in [0.2, 0.25) is 5.91 Å².